The van der Waals surface area contributed by atoms with Crippen LogP contribution in [0, 0.1) is 12.3 Å². The average molecular weight is 405 g/mol. The van der Waals surface area contributed by atoms with Crippen molar-refractivity contribution in [3.63, 3.8) is 0 Å². The second kappa shape index (κ2) is 6.93. The summed E-state index contributed by atoms with van der Waals surface area (Å²) >= 11 is 0. The van der Waals surface area contributed by atoms with Crippen LogP contribution in [0.2, 0.25) is 0 Å². The number of pyridine rings is 1. The first-order chi connectivity index (χ1) is 14.4. The van der Waals surface area contributed by atoms with Crippen LogP contribution in [0.4, 0.5) is 0 Å². The van der Waals surface area contributed by atoms with Crippen LogP contribution in [0.5, 0.6) is 5.75 Å². The smallest absolute Gasteiger partial charge is 0.178 e. The van der Waals surface area contributed by atoms with Gasteiger partial charge in [-0.25, -0.2) is 4.68 Å². The molecule has 0 amide bonds. The Morgan fingerprint density at radius 2 is 1.80 bits per heavy atom. The lowest BCUT2D eigenvalue weighted by atomic mass is 9.94. The van der Waals surface area contributed by atoms with Gasteiger partial charge in [-0.3, -0.25) is 4.98 Å². The molecular formula is C24H27N3O3. The third-order valence-corrected chi connectivity index (χ3v) is 5.90. The molecule has 30 heavy (non-hydrogen) atoms. The second-order valence-electron chi connectivity index (χ2n) is 9.05. The molecule has 0 radical (unpaired) electrons. The predicted octanol–water partition coefficient (Wildman–Crippen LogP) is 4.12. The van der Waals surface area contributed by atoms with Crippen LogP contribution in [0.15, 0.2) is 42.6 Å². The van der Waals surface area contributed by atoms with Crippen molar-refractivity contribution in [3.05, 3.63) is 59.5 Å². The third-order valence-electron chi connectivity index (χ3n) is 5.90. The van der Waals surface area contributed by atoms with Gasteiger partial charge in [-0.2, -0.15) is 5.10 Å². The molecule has 3 aromatic rings. The maximum Gasteiger partial charge on any atom is 0.178 e. The van der Waals surface area contributed by atoms with Crippen molar-refractivity contribution in [1.29, 1.82) is 0 Å². The summed E-state index contributed by atoms with van der Waals surface area (Å²) in [4.78, 5) is 4.53. The van der Waals surface area contributed by atoms with E-state index in [2.05, 4.69) is 24.9 Å². The van der Waals surface area contributed by atoms with Crippen molar-refractivity contribution < 1.29 is 14.2 Å². The number of benzene rings is 1. The lowest BCUT2D eigenvalue weighted by Crippen LogP contribution is -2.48. The molecule has 0 saturated carbocycles. The molecule has 0 bridgehead atoms. The number of hydrogen-bond acceptors (Lipinski definition) is 5. The van der Waals surface area contributed by atoms with Crippen molar-refractivity contribution in [2.24, 2.45) is 5.41 Å². The van der Waals surface area contributed by atoms with Gasteiger partial charge in [0.25, 0.3) is 0 Å². The molecule has 1 spiro atoms. The Hall–Kier alpha value is -2.70. The zero-order valence-corrected chi connectivity index (χ0v) is 17.9. The van der Waals surface area contributed by atoms with Gasteiger partial charge >= 0.3 is 0 Å². The fraction of sp³-hybridized carbons (Fsp3) is 0.417. The van der Waals surface area contributed by atoms with Crippen molar-refractivity contribution in [2.45, 2.75) is 39.4 Å². The largest absolute Gasteiger partial charge is 0.494 e. The minimum atomic E-state index is -0.611. The van der Waals surface area contributed by atoms with Crippen LogP contribution in [-0.2, 0) is 22.3 Å². The Morgan fingerprint density at radius 1 is 1.03 bits per heavy atom. The highest BCUT2D eigenvalue weighted by Gasteiger charge is 2.48. The highest BCUT2D eigenvalue weighted by Crippen LogP contribution is 2.44. The first-order valence-electron chi connectivity index (χ1n) is 10.3. The first-order valence-corrected chi connectivity index (χ1v) is 10.3. The standard InChI is InChI=1S/C24H27N3O3/c1-16-9-10-17(13-25-16)22-18-11-24(29-14-23(2,3)15-30-24)12-19(18)26-27(22)20-7-5-6-8-21(20)28-4/h5-10,13H,11-12,14-15H2,1-4H3. The van der Waals surface area contributed by atoms with Crippen LogP contribution < -0.4 is 4.74 Å². The highest BCUT2D eigenvalue weighted by atomic mass is 16.7. The van der Waals surface area contributed by atoms with E-state index in [-0.39, 0.29) is 5.41 Å². The predicted molar refractivity (Wildman–Crippen MR) is 114 cm³/mol. The SMILES string of the molecule is COc1ccccc1-n1nc2c(c1-c1ccc(C)nc1)CC1(C2)OCC(C)(C)CO1. The van der Waals surface area contributed by atoms with E-state index in [1.807, 2.05) is 48.1 Å². The lowest BCUT2D eigenvalue weighted by Gasteiger charge is -2.41. The molecule has 1 saturated heterocycles. The molecular weight excluding hydrogens is 378 g/mol. The average Bonchev–Trinajstić information content (AvgIpc) is 3.26. The van der Waals surface area contributed by atoms with Gasteiger partial charge < -0.3 is 14.2 Å². The molecule has 1 aromatic carbocycles. The molecule has 5 rings (SSSR count). The number of ether oxygens (including phenoxy) is 3. The Labute approximate surface area is 176 Å². The van der Waals surface area contributed by atoms with Gasteiger partial charge in [0.15, 0.2) is 5.79 Å². The van der Waals surface area contributed by atoms with Crippen LogP contribution in [0.3, 0.4) is 0 Å². The molecule has 3 heterocycles. The molecule has 1 aliphatic carbocycles. The maximum atomic E-state index is 6.27. The summed E-state index contributed by atoms with van der Waals surface area (Å²) in [5.41, 5.74) is 6.14. The fourth-order valence-corrected chi connectivity index (χ4v) is 4.24. The van der Waals surface area contributed by atoms with Crippen molar-refractivity contribution in [2.75, 3.05) is 20.3 Å². The van der Waals surface area contributed by atoms with Gasteiger partial charge in [0.05, 0.1) is 31.7 Å². The Balaban J connectivity index is 1.62. The van der Waals surface area contributed by atoms with E-state index in [1.165, 1.54) is 0 Å². The second-order valence-corrected chi connectivity index (χ2v) is 9.05. The highest BCUT2D eigenvalue weighted by molar-refractivity contribution is 5.69. The first kappa shape index (κ1) is 19.3. The number of aryl methyl sites for hydroxylation is 1. The van der Waals surface area contributed by atoms with E-state index in [9.17, 15) is 0 Å². The molecule has 0 unspecified atom stereocenters. The summed E-state index contributed by atoms with van der Waals surface area (Å²) in [6.07, 6.45) is 3.23. The normalized spacial score (nSPS) is 19.1. The van der Waals surface area contributed by atoms with Gasteiger partial charge in [0.1, 0.15) is 11.4 Å². The van der Waals surface area contributed by atoms with Crippen molar-refractivity contribution in [3.8, 4) is 22.7 Å². The van der Waals surface area contributed by atoms with Gasteiger partial charge in [0, 0.05) is 41.3 Å². The van der Waals surface area contributed by atoms with Crippen LogP contribution in [0.25, 0.3) is 16.9 Å². The zero-order chi connectivity index (χ0) is 20.9. The van der Waals surface area contributed by atoms with Crippen molar-refractivity contribution in [1.82, 2.24) is 14.8 Å². The number of para-hydroxylation sites is 2. The molecule has 1 fully saturated rings. The topological polar surface area (TPSA) is 58.4 Å². The van der Waals surface area contributed by atoms with Gasteiger partial charge in [-0.1, -0.05) is 26.0 Å². The Morgan fingerprint density at radius 3 is 2.50 bits per heavy atom. The summed E-state index contributed by atoms with van der Waals surface area (Å²) < 4.78 is 20.1. The van der Waals surface area contributed by atoms with Gasteiger partial charge in [0.2, 0.25) is 0 Å². The monoisotopic (exact) mass is 405 g/mol. The molecule has 2 aliphatic rings. The quantitative estimate of drug-likeness (QED) is 0.656. The van der Waals surface area contributed by atoms with Crippen molar-refractivity contribution >= 4 is 0 Å². The van der Waals surface area contributed by atoms with E-state index in [4.69, 9.17) is 19.3 Å². The number of rotatable bonds is 3. The maximum absolute atomic E-state index is 6.27. The lowest BCUT2D eigenvalue weighted by molar-refractivity contribution is -0.293. The molecule has 0 N–H and O–H groups in total. The van der Waals surface area contributed by atoms with Crippen LogP contribution in [-0.4, -0.2) is 40.9 Å². The minimum Gasteiger partial charge on any atom is -0.494 e. The van der Waals surface area contributed by atoms with E-state index in [1.54, 1.807) is 7.11 Å². The van der Waals surface area contributed by atoms with E-state index in [0.717, 1.165) is 39.6 Å². The minimum absolute atomic E-state index is 0.0340. The third kappa shape index (κ3) is 3.20. The van der Waals surface area contributed by atoms with Gasteiger partial charge in [-0.15, -0.1) is 0 Å². The molecule has 1 aliphatic heterocycles. The molecule has 6 nitrogen and oxygen atoms in total. The van der Waals surface area contributed by atoms with Gasteiger partial charge in [-0.05, 0) is 31.2 Å². The van der Waals surface area contributed by atoms with Crippen LogP contribution >= 0.6 is 0 Å². The number of nitrogens with zero attached hydrogens (tertiary/aromatic N) is 3. The van der Waals surface area contributed by atoms with E-state index < -0.39 is 5.79 Å². The summed E-state index contributed by atoms with van der Waals surface area (Å²) in [5, 5.41) is 5.00. The van der Waals surface area contributed by atoms with E-state index >= 15 is 0 Å². The molecule has 156 valence electrons. The summed E-state index contributed by atoms with van der Waals surface area (Å²) in [5.74, 6) is 0.168. The Bertz CT molecular complexity index is 1080. The summed E-state index contributed by atoms with van der Waals surface area (Å²) in [7, 11) is 1.68. The molecule has 0 atom stereocenters. The van der Waals surface area contributed by atoms with E-state index in [0.29, 0.717) is 26.1 Å². The van der Waals surface area contributed by atoms with Crippen LogP contribution in [0.1, 0.15) is 30.8 Å². The number of hydrogen-bond donors (Lipinski definition) is 0. The molecule has 2 aromatic heterocycles. The Kier molecular flexibility index (Phi) is 4.45. The summed E-state index contributed by atoms with van der Waals surface area (Å²) in [6.45, 7) is 7.70. The summed E-state index contributed by atoms with van der Waals surface area (Å²) in [6, 6.07) is 12.1. The number of methoxy groups -OCH3 is 1. The zero-order valence-electron chi connectivity index (χ0n) is 17.9. The number of aromatic nitrogens is 3. The molecule has 6 heteroatoms. The number of fused-ring (bicyclic) bond motifs is 1. The fourth-order valence-electron chi connectivity index (χ4n) is 4.24.